The number of benzene rings is 2. The minimum atomic E-state index is -0.278. The highest BCUT2D eigenvalue weighted by Gasteiger charge is 2.26. The summed E-state index contributed by atoms with van der Waals surface area (Å²) >= 11 is 10.1. The number of hydrogen-bond acceptors (Lipinski definition) is 2. The van der Waals surface area contributed by atoms with Gasteiger partial charge in [-0.15, -0.1) is 0 Å². The highest BCUT2D eigenvalue weighted by Crippen LogP contribution is 2.42. The minimum absolute atomic E-state index is 0.192. The summed E-state index contributed by atoms with van der Waals surface area (Å²) in [7, 11) is 0. The van der Waals surface area contributed by atoms with E-state index in [9.17, 15) is 10.2 Å². The minimum Gasteiger partial charge on any atom is -0.506 e. The standard InChI is InChI=1S/C16H15Br3O2.C2H6/c1-8-4-9(5-11(17)14(8)20)16(2,3)10-6-12(18)15(21)13(19)7-10;1-2/h4-7,20-21H,1-3H3;1-2H3. The monoisotopic (exact) mass is 506 g/mol. The molecule has 0 fully saturated rings. The average Bonchev–Trinajstić information content (AvgIpc) is 2.51. The van der Waals surface area contributed by atoms with Crippen molar-refractivity contribution < 1.29 is 10.2 Å². The Morgan fingerprint density at radius 3 is 1.48 bits per heavy atom. The SMILES string of the molecule is CC.Cc1cc(C(C)(C)c2cc(Br)c(O)c(Br)c2)cc(Br)c1O. The highest BCUT2D eigenvalue weighted by atomic mass is 79.9. The summed E-state index contributed by atoms with van der Waals surface area (Å²) in [6, 6.07) is 7.73. The van der Waals surface area contributed by atoms with Gasteiger partial charge in [0.25, 0.3) is 0 Å². The molecule has 0 saturated carbocycles. The number of phenols is 2. The first-order valence-electron chi connectivity index (χ1n) is 7.32. The van der Waals surface area contributed by atoms with E-state index in [0.717, 1.165) is 16.7 Å². The molecule has 0 heterocycles. The number of aromatic hydroxyl groups is 2. The summed E-state index contributed by atoms with van der Waals surface area (Å²) in [5.41, 5.74) is 2.68. The topological polar surface area (TPSA) is 40.5 Å². The van der Waals surface area contributed by atoms with E-state index in [1.807, 2.05) is 45.0 Å². The van der Waals surface area contributed by atoms with Crippen molar-refractivity contribution in [1.82, 2.24) is 0 Å². The Kier molecular flexibility index (Phi) is 7.17. The quantitative estimate of drug-likeness (QED) is 0.456. The largest absolute Gasteiger partial charge is 0.506 e. The van der Waals surface area contributed by atoms with Gasteiger partial charge in [-0.3, -0.25) is 0 Å². The second kappa shape index (κ2) is 8.04. The lowest BCUT2D eigenvalue weighted by Gasteiger charge is -2.28. The first-order chi connectivity index (χ1) is 10.6. The lowest BCUT2D eigenvalue weighted by Crippen LogP contribution is -2.19. The van der Waals surface area contributed by atoms with E-state index in [0.29, 0.717) is 13.4 Å². The average molecular weight is 509 g/mol. The van der Waals surface area contributed by atoms with Gasteiger partial charge in [-0.05, 0) is 89.6 Å². The van der Waals surface area contributed by atoms with E-state index in [4.69, 9.17) is 0 Å². The Balaban J connectivity index is 0.00000127. The third-order valence-electron chi connectivity index (χ3n) is 3.71. The van der Waals surface area contributed by atoms with Gasteiger partial charge in [0.1, 0.15) is 11.5 Å². The van der Waals surface area contributed by atoms with Gasteiger partial charge in [-0.2, -0.15) is 0 Å². The first-order valence-corrected chi connectivity index (χ1v) is 9.70. The van der Waals surface area contributed by atoms with Crippen molar-refractivity contribution in [3.05, 3.63) is 54.4 Å². The van der Waals surface area contributed by atoms with Gasteiger partial charge in [0.2, 0.25) is 0 Å². The van der Waals surface area contributed by atoms with Gasteiger partial charge < -0.3 is 10.2 Å². The molecule has 2 aromatic carbocycles. The molecule has 0 unspecified atom stereocenters. The Labute approximate surface area is 163 Å². The summed E-state index contributed by atoms with van der Waals surface area (Å²) in [5, 5.41) is 19.8. The van der Waals surface area contributed by atoms with Crippen LogP contribution in [0.4, 0.5) is 0 Å². The molecule has 0 radical (unpaired) electrons. The molecular formula is C18H21Br3O2. The van der Waals surface area contributed by atoms with Crippen LogP contribution in [0.5, 0.6) is 11.5 Å². The van der Waals surface area contributed by atoms with Crippen molar-refractivity contribution >= 4 is 47.8 Å². The van der Waals surface area contributed by atoms with Crippen LogP contribution < -0.4 is 0 Å². The van der Waals surface area contributed by atoms with Gasteiger partial charge >= 0.3 is 0 Å². The molecule has 5 heteroatoms. The zero-order chi connectivity index (χ0) is 17.9. The molecule has 0 aliphatic carbocycles. The Bertz CT molecular complexity index is 604. The number of phenolic OH excluding ortho intramolecular Hbond substituents is 2. The first kappa shape index (κ1) is 20.5. The maximum absolute atomic E-state index is 9.90. The summed E-state index contributed by atoms with van der Waals surface area (Å²) in [6.07, 6.45) is 0. The fourth-order valence-corrected chi connectivity index (χ4v) is 3.94. The molecule has 2 aromatic rings. The van der Waals surface area contributed by atoms with Crippen molar-refractivity contribution in [2.24, 2.45) is 0 Å². The third-order valence-corrected chi connectivity index (χ3v) is 5.53. The van der Waals surface area contributed by atoms with Crippen molar-refractivity contribution in [3.8, 4) is 11.5 Å². The molecule has 2 N–H and O–H groups in total. The van der Waals surface area contributed by atoms with E-state index in [-0.39, 0.29) is 16.9 Å². The van der Waals surface area contributed by atoms with Gasteiger partial charge in [-0.1, -0.05) is 33.8 Å². The van der Waals surface area contributed by atoms with Crippen LogP contribution in [-0.2, 0) is 5.41 Å². The van der Waals surface area contributed by atoms with E-state index >= 15 is 0 Å². The smallest absolute Gasteiger partial charge is 0.143 e. The van der Waals surface area contributed by atoms with E-state index in [1.165, 1.54) is 0 Å². The second-order valence-electron chi connectivity index (χ2n) is 5.54. The molecule has 0 amide bonds. The van der Waals surface area contributed by atoms with Gasteiger partial charge in [0.15, 0.2) is 0 Å². The lowest BCUT2D eigenvalue weighted by atomic mass is 9.77. The summed E-state index contributed by atoms with van der Waals surface area (Å²) in [5.74, 6) is 0.459. The molecule has 0 saturated heterocycles. The Morgan fingerprint density at radius 2 is 1.09 bits per heavy atom. The van der Waals surface area contributed by atoms with Crippen LogP contribution in [0.1, 0.15) is 44.4 Å². The zero-order valence-electron chi connectivity index (χ0n) is 13.8. The van der Waals surface area contributed by atoms with Crippen LogP contribution in [0.25, 0.3) is 0 Å². The van der Waals surface area contributed by atoms with Crippen molar-refractivity contribution in [1.29, 1.82) is 0 Å². The summed E-state index contributed by atoms with van der Waals surface area (Å²) in [6.45, 7) is 10.1. The van der Waals surface area contributed by atoms with Gasteiger partial charge in [0.05, 0.1) is 13.4 Å². The zero-order valence-corrected chi connectivity index (χ0v) is 18.6. The van der Waals surface area contributed by atoms with Crippen LogP contribution in [-0.4, -0.2) is 10.2 Å². The van der Waals surface area contributed by atoms with Gasteiger partial charge in [-0.25, -0.2) is 0 Å². The summed E-state index contributed by atoms with van der Waals surface area (Å²) < 4.78 is 1.98. The number of hydrogen-bond donors (Lipinski definition) is 2. The van der Waals surface area contributed by atoms with Gasteiger partial charge in [0, 0.05) is 5.41 Å². The third kappa shape index (κ3) is 4.31. The van der Waals surface area contributed by atoms with E-state index < -0.39 is 0 Å². The fourth-order valence-electron chi connectivity index (χ4n) is 2.19. The van der Waals surface area contributed by atoms with Crippen LogP contribution in [0.3, 0.4) is 0 Å². The van der Waals surface area contributed by atoms with Crippen molar-refractivity contribution in [2.45, 2.75) is 40.0 Å². The molecule has 23 heavy (non-hydrogen) atoms. The lowest BCUT2D eigenvalue weighted by molar-refractivity contribution is 0.466. The van der Waals surface area contributed by atoms with Crippen LogP contribution in [0.2, 0.25) is 0 Å². The molecule has 0 aliphatic heterocycles. The Hall–Kier alpha value is -0.520. The Morgan fingerprint density at radius 1 is 0.739 bits per heavy atom. The maximum atomic E-state index is 9.90. The number of rotatable bonds is 2. The number of aryl methyl sites for hydroxylation is 1. The molecule has 0 aromatic heterocycles. The molecule has 0 bridgehead atoms. The highest BCUT2D eigenvalue weighted by molar-refractivity contribution is 9.11. The van der Waals surface area contributed by atoms with Crippen molar-refractivity contribution in [3.63, 3.8) is 0 Å². The molecular weight excluding hydrogens is 488 g/mol. The predicted octanol–water partition coefficient (Wildman–Crippen LogP) is 7.05. The predicted molar refractivity (Wildman–Crippen MR) is 108 cm³/mol. The second-order valence-corrected chi connectivity index (χ2v) is 8.10. The molecule has 0 atom stereocenters. The van der Waals surface area contributed by atoms with Crippen LogP contribution >= 0.6 is 47.8 Å². The molecule has 126 valence electrons. The summed E-state index contributed by atoms with van der Waals surface area (Å²) in [4.78, 5) is 0. The molecule has 0 aliphatic rings. The molecule has 2 rings (SSSR count). The number of halogens is 3. The van der Waals surface area contributed by atoms with Crippen LogP contribution in [0, 0.1) is 6.92 Å². The van der Waals surface area contributed by atoms with Crippen LogP contribution in [0.15, 0.2) is 37.7 Å². The molecule has 2 nitrogen and oxygen atoms in total. The maximum Gasteiger partial charge on any atom is 0.143 e. The van der Waals surface area contributed by atoms with E-state index in [1.54, 1.807) is 0 Å². The normalized spacial score (nSPS) is 11.0. The fraction of sp³-hybridized carbons (Fsp3) is 0.333. The van der Waals surface area contributed by atoms with Crippen molar-refractivity contribution in [2.75, 3.05) is 0 Å². The molecule has 0 spiro atoms. The van der Waals surface area contributed by atoms with E-state index in [2.05, 4.69) is 61.6 Å².